The number of hydrogen-bond acceptors (Lipinski definition) is 1. The molecule has 0 rings (SSSR count). The molecule has 2 unspecified atom stereocenters. The molecule has 15 heavy (non-hydrogen) atoms. The summed E-state index contributed by atoms with van der Waals surface area (Å²) in [5.41, 5.74) is -0.914. The van der Waals surface area contributed by atoms with Crippen LogP contribution in [0.1, 0.15) is 65.7 Å². The van der Waals surface area contributed by atoms with Crippen molar-refractivity contribution in [3.8, 4) is 12.3 Å². The van der Waals surface area contributed by atoms with E-state index in [4.69, 9.17) is 6.42 Å². The van der Waals surface area contributed by atoms with Crippen LogP contribution in [0, 0.1) is 18.3 Å². The molecule has 0 aromatic carbocycles. The van der Waals surface area contributed by atoms with Gasteiger partial charge in [0.15, 0.2) is 0 Å². The molecule has 2 atom stereocenters. The zero-order valence-corrected chi connectivity index (χ0v) is 10.6. The Morgan fingerprint density at radius 1 is 1.27 bits per heavy atom. The summed E-state index contributed by atoms with van der Waals surface area (Å²) in [4.78, 5) is 0. The summed E-state index contributed by atoms with van der Waals surface area (Å²) in [6.07, 6.45) is 13.7. The molecule has 1 N–H and O–H groups in total. The van der Waals surface area contributed by atoms with E-state index < -0.39 is 5.60 Å². The number of rotatable bonds is 8. The van der Waals surface area contributed by atoms with Crippen molar-refractivity contribution in [3.63, 3.8) is 0 Å². The Morgan fingerprint density at radius 3 is 2.40 bits per heavy atom. The molecule has 0 spiro atoms. The molecule has 0 fully saturated rings. The lowest BCUT2D eigenvalue weighted by molar-refractivity contribution is 0.0926. The Balaban J connectivity index is 3.50. The van der Waals surface area contributed by atoms with Crippen LogP contribution < -0.4 is 0 Å². The highest BCUT2D eigenvalue weighted by Crippen LogP contribution is 2.21. The fraction of sp³-hybridized carbons (Fsp3) is 0.857. The lowest BCUT2D eigenvalue weighted by Gasteiger charge is -2.21. The highest BCUT2D eigenvalue weighted by atomic mass is 16.3. The Morgan fingerprint density at radius 2 is 1.87 bits per heavy atom. The van der Waals surface area contributed by atoms with Crippen molar-refractivity contribution in [3.05, 3.63) is 0 Å². The summed E-state index contributed by atoms with van der Waals surface area (Å²) in [6.45, 7) is 6.12. The molecule has 1 heteroatoms. The molecule has 0 radical (unpaired) electrons. The Bertz CT molecular complexity index is 188. The van der Waals surface area contributed by atoms with Crippen molar-refractivity contribution < 1.29 is 5.11 Å². The van der Waals surface area contributed by atoms with Crippen LogP contribution in [0.25, 0.3) is 0 Å². The second-order valence-electron chi connectivity index (χ2n) is 4.93. The first-order valence-electron chi connectivity index (χ1n) is 6.22. The molecule has 0 aliphatic rings. The Labute approximate surface area is 95.3 Å². The van der Waals surface area contributed by atoms with Gasteiger partial charge in [0.1, 0.15) is 5.60 Å². The summed E-state index contributed by atoms with van der Waals surface area (Å²) in [5.74, 6) is 2.96. The van der Waals surface area contributed by atoms with Gasteiger partial charge in [-0.25, -0.2) is 0 Å². The highest BCUT2D eigenvalue weighted by Gasteiger charge is 2.19. The molecule has 88 valence electrons. The van der Waals surface area contributed by atoms with Crippen molar-refractivity contribution in [1.82, 2.24) is 0 Å². The maximum Gasteiger partial charge on any atom is 0.122 e. The minimum atomic E-state index is -0.914. The summed E-state index contributed by atoms with van der Waals surface area (Å²) in [7, 11) is 0. The van der Waals surface area contributed by atoms with E-state index in [1.54, 1.807) is 6.92 Å². The van der Waals surface area contributed by atoms with Crippen molar-refractivity contribution in [2.45, 2.75) is 71.3 Å². The first kappa shape index (κ1) is 14.5. The predicted molar refractivity (Wildman–Crippen MR) is 66.6 cm³/mol. The normalized spacial score (nSPS) is 16.7. The van der Waals surface area contributed by atoms with E-state index in [9.17, 15) is 5.11 Å². The SMILES string of the molecule is C#CC(C)(O)CC(C)CCCCCCC. The molecule has 0 saturated heterocycles. The van der Waals surface area contributed by atoms with Crippen LogP contribution in [0.5, 0.6) is 0 Å². The average Bonchev–Trinajstić information content (AvgIpc) is 2.17. The molecule has 0 saturated carbocycles. The van der Waals surface area contributed by atoms with Gasteiger partial charge >= 0.3 is 0 Å². The van der Waals surface area contributed by atoms with Crippen LogP contribution in [-0.4, -0.2) is 10.7 Å². The van der Waals surface area contributed by atoms with E-state index in [0.29, 0.717) is 5.92 Å². The van der Waals surface area contributed by atoms with Crippen LogP contribution in [-0.2, 0) is 0 Å². The van der Waals surface area contributed by atoms with Gasteiger partial charge < -0.3 is 5.11 Å². The molecule has 0 amide bonds. The van der Waals surface area contributed by atoms with Crippen LogP contribution in [0.15, 0.2) is 0 Å². The maximum absolute atomic E-state index is 9.70. The molecular formula is C14H26O. The van der Waals surface area contributed by atoms with Crippen molar-refractivity contribution in [2.24, 2.45) is 5.92 Å². The first-order valence-corrected chi connectivity index (χ1v) is 6.22. The largest absolute Gasteiger partial charge is 0.378 e. The quantitative estimate of drug-likeness (QED) is 0.478. The van der Waals surface area contributed by atoms with Crippen molar-refractivity contribution in [1.29, 1.82) is 0 Å². The van der Waals surface area contributed by atoms with Gasteiger partial charge in [-0.15, -0.1) is 6.42 Å². The molecule has 0 bridgehead atoms. The molecule has 0 heterocycles. The fourth-order valence-corrected chi connectivity index (χ4v) is 1.94. The molecule has 1 nitrogen and oxygen atoms in total. The number of hydrogen-bond donors (Lipinski definition) is 1. The standard InChI is InChI=1S/C14H26O/c1-5-7-8-9-10-11-13(3)12-14(4,15)6-2/h2,13,15H,5,7-12H2,1,3-4H3. The van der Waals surface area contributed by atoms with Gasteiger partial charge in [0, 0.05) is 0 Å². The van der Waals surface area contributed by atoms with E-state index in [1.807, 2.05) is 0 Å². The lowest BCUT2D eigenvalue weighted by Crippen LogP contribution is -2.24. The topological polar surface area (TPSA) is 20.2 Å². The van der Waals surface area contributed by atoms with E-state index in [2.05, 4.69) is 19.8 Å². The van der Waals surface area contributed by atoms with Gasteiger partial charge in [0.05, 0.1) is 0 Å². The fourth-order valence-electron chi connectivity index (χ4n) is 1.94. The Kier molecular flexibility index (Phi) is 7.52. The van der Waals surface area contributed by atoms with E-state index in [-0.39, 0.29) is 0 Å². The van der Waals surface area contributed by atoms with Crippen LogP contribution in [0.3, 0.4) is 0 Å². The highest BCUT2D eigenvalue weighted by molar-refractivity contribution is 5.04. The molecule has 0 aromatic heterocycles. The summed E-state index contributed by atoms with van der Waals surface area (Å²) >= 11 is 0. The maximum atomic E-state index is 9.70. The second-order valence-corrected chi connectivity index (χ2v) is 4.93. The monoisotopic (exact) mass is 210 g/mol. The third kappa shape index (κ3) is 8.51. The zero-order valence-electron chi connectivity index (χ0n) is 10.6. The third-order valence-electron chi connectivity index (χ3n) is 2.86. The summed E-state index contributed by atoms with van der Waals surface area (Å²) in [6, 6.07) is 0. The summed E-state index contributed by atoms with van der Waals surface area (Å²) in [5, 5.41) is 9.70. The predicted octanol–water partition coefficient (Wildman–Crippen LogP) is 3.76. The van der Waals surface area contributed by atoms with E-state index in [1.165, 1.54) is 38.5 Å². The van der Waals surface area contributed by atoms with E-state index in [0.717, 1.165) is 6.42 Å². The van der Waals surface area contributed by atoms with Gasteiger partial charge in [-0.3, -0.25) is 0 Å². The third-order valence-corrected chi connectivity index (χ3v) is 2.86. The van der Waals surface area contributed by atoms with Gasteiger partial charge in [-0.1, -0.05) is 58.3 Å². The lowest BCUT2D eigenvalue weighted by atomic mass is 9.90. The van der Waals surface area contributed by atoms with Crippen molar-refractivity contribution in [2.75, 3.05) is 0 Å². The molecular weight excluding hydrogens is 184 g/mol. The van der Waals surface area contributed by atoms with E-state index >= 15 is 0 Å². The van der Waals surface area contributed by atoms with Gasteiger partial charge in [-0.2, -0.15) is 0 Å². The smallest absolute Gasteiger partial charge is 0.122 e. The van der Waals surface area contributed by atoms with Gasteiger partial charge in [0.25, 0.3) is 0 Å². The van der Waals surface area contributed by atoms with Gasteiger partial charge in [0.2, 0.25) is 0 Å². The number of aliphatic hydroxyl groups is 1. The van der Waals surface area contributed by atoms with Crippen LogP contribution in [0.2, 0.25) is 0 Å². The second kappa shape index (κ2) is 7.77. The van der Waals surface area contributed by atoms with Gasteiger partial charge in [-0.05, 0) is 19.3 Å². The zero-order chi connectivity index (χ0) is 11.7. The number of unbranched alkanes of at least 4 members (excludes halogenated alkanes) is 4. The Hall–Kier alpha value is -0.480. The first-order chi connectivity index (χ1) is 7.02. The minimum absolute atomic E-state index is 0.526. The summed E-state index contributed by atoms with van der Waals surface area (Å²) < 4.78 is 0. The number of terminal acetylenes is 1. The average molecular weight is 210 g/mol. The van der Waals surface area contributed by atoms with Crippen molar-refractivity contribution >= 4 is 0 Å². The molecule has 0 aliphatic heterocycles. The minimum Gasteiger partial charge on any atom is -0.378 e. The van der Waals surface area contributed by atoms with Crippen LogP contribution >= 0.6 is 0 Å². The molecule has 0 aliphatic carbocycles. The van der Waals surface area contributed by atoms with Crippen LogP contribution in [0.4, 0.5) is 0 Å². The molecule has 0 aromatic rings.